The van der Waals surface area contributed by atoms with Crippen LogP contribution < -0.4 is 4.43 Å². The fourth-order valence-corrected chi connectivity index (χ4v) is 3.34. The number of rotatable bonds is 8. The van der Waals surface area contributed by atoms with Crippen LogP contribution in [0.4, 0.5) is 0 Å². The van der Waals surface area contributed by atoms with Crippen molar-refractivity contribution in [2.75, 3.05) is 12.8 Å². The molecule has 0 unspecified atom stereocenters. The highest BCUT2D eigenvalue weighted by Gasteiger charge is 2.15. The zero-order chi connectivity index (χ0) is 12.5. The van der Waals surface area contributed by atoms with Crippen LogP contribution in [0.3, 0.4) is 0 Å². The maximum Gasteiger partial charge on any atom is 0.307 e. The van der Waals surface area contributed by atoms with Crippen LogP contribution in [0.15, 0.2) is 30.8 Å². The van der Waals surface area contributed by atoms with E-state index in [2.05, 4.69) is 13.5 Å². The second kappa shape index (κ2) is 8.09. The van der Waals surface area contributed by atoms with E-state index in [9.17, 15) is 0 Å². The van der Waals surface area contributed by atoms with Gasteiger partial charge in [-0.05, 0) is 19.0 Å². The quantitative estimate of drug-likeness (QED) is 0.654. The van der Waals surface area contributed by atoms with Gasteiger partial charge in [-0.15, -0.1) is 0 Å². The molecule has 1 radical (unpaired) electrons. The molecule has 0 N–H and O–H groups in total. The third kappa shape index (κ3) is 4.75. The fourth-order valence-electron chi connectivity index (χ4n) is 1.55. The predicted molar refractivity (Wildman–Crippen MR) is 74.5 cm³/mol. The monoisotopic (exact) mass is 249 g/mol. The number of hydrogen-bond acceptors (Lipinski definition) is 2. The smallest absolute Gasteiger partial charge is 0.307 e. The van der Waals surface area contributed by atoms with Gasteiger partial charge in [0.25, 0.3) is 0 Å². The summed E-state index contributed by atoms with van der Waals surface area (Å²) in [5.74, 6) is 0.935. The van der Waals surface area contributed by atoms with Gasteiger partial charge < -0.3 is 9.16 Å². The van der Waals surface area contributed by atoms with Crippen LogP contribution in [0.25, 0.3) is 6.08 Å². The lowest BCUT2D eigenvalue weighted by molar-refractivity contribution is 0.182. The third-order valence-electron chi connectivity index (χ3n) is 2.39. The van der Waals surface area contributed by atoms with E-state index in [4.69, 9.17) is 9.16 Å². The molecular weight excluding hydrogens is 228 g/mol. The van der Waals surface area contributed by atoms with Gasteiger partial charge in [0.1, 0.15) is 5.75 Å². The summed E-state index contributed by atoms with van der Waals surface area (Å²) < 4.78 is 11.6. The van der Waals surface area contributed by atoms with Crippen LogP contribution in [0.2, 0.25) is 6.04 Å². The van der Waals surface area contributed by atoms with Crippen molar-refractivity contribution in [1.29, 1.82) is 0 Å². The molecule has 2 nitrogen and oxygen atoms in total. The highest BCUT2D eigenvalue weighted by Crippen LogP contribution is 2.20. The minimum atomic E-state index is -0.912. The Balaban J connectivity index is 2.67. The normalized spacial score (nSPS) is 10.5. The summed E-state index contributed by atoms with van der Waals surface area (Å²) in [6, 6.07) is 9.13. The Hall–Kier alpha value is -1.06. The van der Waals surface area contributed by atoms with Crippen LogP contribution in [0, 0.1) is 0 Å². The van der Waals surface area contributed by atoms with Gasteiger partial charge >= 0.3 is 9.04 Å². The van der Waals surface area contributed by atoms with Crippen molar-refractivity contribution in [2.45, 2.75) is 26.3 Å². The van der Waals surface area contributed by atoms with Crippen LogP contribution in [0.1, 0.15) is 25.8 Å². The number of ether oxygens (including phenoxy) is 1. The molecule has 1 aromatic carbocycles. The average molecular weight is 249 g/mol. The first kappa shape index (κ1) is 14.0. The van der Waals surface area contributed by atoms with Crippen molar-refractivity contribution in [1.82, 2.24) is 0 Å². The number of benzene rings is 1. The standard InChI is InChI=1S/C14H21O2Si/c1-4-11-17(12-15-6-3)16-14-10-8-7-9-13(14)5-2/h5,7-10H,2,4,6,11-12H2,1,3H3. The first-order valence-corrected chi connectivity index (χ1v) is 7.95. The summed E-state index contributed by atoms with van der Waals surface area (Å²) in [4.78, 5) is 0. The molecule has 0 heterocycles. The zero-order valence-electron chi connectivity index (χ0n) is 10.7. The van der Waals surface area contributed by atoms with Crippen molar-refractivity contribution in [2.24, 2.45) is 0 Å². The molecule has 93 valence electrons. The summed E-state index contributed by atoms with van der Waals surface area (Å²) in [7, 11) is -0.912. The third-order valence-corrected chi connectivity index (χ3v) is 4.48. The molecule has 0 bridgehead atoms. The van der Waals surface area contributed by atoms with E-state index in [-0.39, 0.29) is 0 Å². The highest BCUT2D eigenvalue weighted by atomic mass is 28.3. The largest absolute Gasteiger partial charge is 0.539 e. The molecule has 0 aromatic heterocycles. The van der Waals surface area contributed by atoms with E-state index in [0.29, 0.717) is 0 Å². The highest BCUT2D eigenvalue weighted by molar-refractivity contribution is 6.52. The molecule has 0 amide bonds. The summed E-state index contributed by atoms with van der Waals surface area (Å²) in [6.07, 6.45) is 3.72. The first-order chi connectivity index (χ1) is 8.31. The Morgan fingerprint density at radius 1 is 1.29 bits per heavy atom. The Kier molecular flexibility index (Phi) is 6.66. The van der Waals surface area contributed by atoms with E-state index in [0.717, 1.165) is 36.6 Å². The molecule has 0 saturated carbocycles. The van der Waals surface area contributed by atoms with Crippen molar-refractivity contribution >= 4 is 15.1 Å². The van der Waals surface area contributed by atoms with Gasteiger partial charge in [-0.25, -0.2) is 0 Å². The lowest BCUT2D eigenvalue weighted by Crippen LogP contribution is -2.28. The molecule has 0 atom stereocenters. The van der Waals surface area contributed by atoms with Gasteiger partial charge in [0.2, 0.25) is 0 Å². The minimum absolute atomic E-state index is 0.750. The second-order valence-corrected chi connectivity index (χ2v) is 5.84. The van der Waals surface area contributed by atoms with Gasteiger partial charge in [0.15, 0.2) is 0 Å². The van der Waals surface area contributed by atoms with E-state index >= 15 is 0 Å². The lowest BCUT2D eigenvalue weighted by Gasteiger charge is -2.17. The Bertz CT molecular complexity index is 339. The van der Waals surface area contributed by atoms with Crippen LogP contribution in [-0.2, 0) is 4.74 Å². The summed E-state index contributed by atoms with van der Waals surface area (Å²) in [6.45, 7) is 8.76. The summed E-state index contributed by atoms with van der Waals surface area (Å²) in [5.41, 5.74) is 1.06. The Morgan fingerprint density at radius 2 is 2.06 bits per heavy atom. The van der Waals surface area contributed by atoms with E-state index < -0.39 is 9.04 Å². The topological polar surface area (TPSA) is 18.5 Å². The second-order valence-electron chi connectivity index (χ2n) is 3.77. The molecule has 1 rings (SSSR count). The number of hydrogen-bond donors (Lipinski definition) is 0. The van der Waals surface area contributed by atoms with E-state index in [1.165, 1.54) is 0 Å². The summed E-state index contributed by atoms with van der Waals surface area (Å²) in [5, 5.41) is 0. The van der Waals surface area contributed by atoms with Gasteiger partial charge in [-0.2, -0.15) is 0 Å². The van der Waals surface area contributed by atoms with Crippen LogP contribution >= 0.6 is 0 Å². The first-order valence-electron chi connectivity index (χ1n) is 6.13. The minimum Gasteiger partial charge on any atom is -0.539 e. The van der Waals surface area contributed by atoms with E-state index in [1.54, 1.807) is 0 Å². The molecule has 0 aliphatic rings. The summed E-state index contributed by atoms with van der Waals surface area (Å²) >= 11 is 0. The molecule has 17 heavy (non-hydrogen) atoms. The molecule has 0 aliphatic heterocycles. The van der Waals surface area contributed by atoms with Gasteiger partial charge in [-0.1, -0.05) is 44.2 Å². The van der Waals surface area contributed by atoms with E-state index in [1.807, 2.05) is 37.3 Å². The fraction of sp³-hybridized carbons (Fsp3) is 0.429. The molecular formula is C14H21O2Si. The van der Waals surface area contributed by atoms with Gasteiger partial charge in [0, 0.05) is 12.2 Å². The molecule has 0 aliphatic carbocycles. The molecule has 0 fully saturated rings. The van der Waals surface area contributed by atoms with Crippen LogP contribution in [0.5, 0.6) is 5.75 Å². The SMILES string of the molecule is C=Cc1ccccc1O[Si](CCC)COCC. The lowest BCUT2D eigenvalue weighted by atomic mass is 10.2. The van der Waals surface area contributed by atoms with Crippen molar-refractivity contribution in [3.8, 4) is 5.75 Å². The van der Waals surface area contributed by atoms with Crippen molar-refractivity contribution < 1.29 is 9.16 Å². The molecule has 0 saturated heterocycles. The predicted octanol–water partition coefficient (Wildman–Crippen LogP) is 3.69. The number of para-hydroxylation sites is 1. The maximum atomic E-state index is 6.08. The average Bonchev–Trinajstić information content (AvgIpc) is 2.37. The van der Waals surface area contributed by atoms with Crippen molar-refractivity contribution in [3.63, 3.8) is 0 Å². The Morgan fingerprint density at radius 3 is 2.71 bits per heavy atom. The van der Waals surface area contributed by atoms with Gasteiger partial charge in [0.05, 0.1) is 6.23 Å². The Labute approximate surface area is 106 Å². The molecule has 3 heteroatoms. The maximum absolute atomic E-state index is 6.08. The molecule has 1 aromatic rings. The van der Waals surface area contributed by atoms with Gasteiger partial charge in [-0.3, -0.25) is 0 Å². The van der Waals surface area contributed by atoms with Crippen LogP contribution in [-0.4, -0.2) is 21.9 Å². The molecule has 0 spiro atoms. The van der Waals surface area contributed by atoms with Crippen molar-refractivity contribution in [3.05, 3.63) is 36.4 Å². The zero-order valence-corrected chi connectivity index (χ0v) is 11.7.